The lowest BCUT2D eigenvalue weighted by Gasteiger charge is -2.49. The van der Waals surface area contributed by atoms with Gasteiger partial charge in [-0.3, -0.25) is 14.5 Å². The van der Waals surface area contributed by atoms with Crippen LogP contribution in [0.4, 0.5) is 0 Å². The highest BCUT2D eigenvalue weighted by molar-refractivity contribution is 8.01. The third-order valence-electron chi connectivity index (χ3n) is 3.76. The molecule has 1 unspecified atom stereocenters. The van der Waals surface area contributed by atoms with Crippen LogP contribution < -0.4 is 5.32 Å². The van der Waals surface area contributed by atoms with Gasteiger partial charge in [-0.05, 0) is 16.0 Å². The van der Waals surface area contributed by atoms with E-state index >= 15 is 0 Å². The molecule has 1 aromatic rings. The van der Waals surface area contributed by atoms with E-state index in [2.05, 4.69) is 20.8 Å². The number of nitrogens with zero attached hydrogens (tertiary/aromatic N) is 6. The van der Waals surface area contributed by atoms with Crippen molar-refractivity contribution in [2.75, 3.05) is 11.5 Å². The van der Waals surface area contributed by atoms with Crippen LogP contribution in [0, 0.1) is 11.3 Å². The van der Waals surface area contributed by atoms with Gasteiger partial charge in [0.15, 0.2) is 0 Å². The summed E-state index contributed by atoms with van der Waals surface area (Å²) in [4.78, 5) is 36.8. The summed E-state index contributed by atoms with van der Waals surface area (Å²) in [5.41, 5.74) is 0.522. The zero-order valence-electron chi connectivity index (χ0n) is 13.4. The average molecular weight is 395 g/mol. The molecule has 1 fully saturated rings. The van der Waals surface area contributed by atoms with Crippen LogP contribution in [0.1, 0.15) is 6.42 Å². The second-order valence-corrected chi connectivity index (χ2v) is 7.47. The van der Waals surface area contributed by atoms with E-state index in [-0.39, 0.29) is 12.1 Å². The van der Waals surface area contributed by atoms with Gasteiger partial charge in [-0.1, -0.05) is 11.8 Å². The molecule has 0 spiro atoms. The minimum atomic E-state index is -1.20. The van der Waals surface area contributed by atoms with E-state index in [4.69, 9.17) is 5.26 Å². The van der Waals surface area contributed by atoms with Crippen molar-refractivity contribution in [3.05, 3.63) is 11.3 Å². The largest absolute Gasteiger partial charge is 0.477 e. The van der Waals surface area contributed by atoms with Crippen LogP contribution in [0.3, 0.4) is 0 Å². The number of aliphatic carboxylic acids is 1. The molecule has 0 aliphatic carbocycles. The number of carbonyl (C=O) groups excluding carboxylic acids is 2. The van der Waals surface area contributed by atoms with E-state index in [1.807, 2.05) is 0 Å². The summed E-state index contributed by atoms with van der Waals surface area (Å²) in [5.74, 6) is -1.52. The summed E-state index contributed by atoms with van der Waals surface area (Å²) in [6.07, 6.45) is -0.351. The highest BCUT2D eigenvalue weighted by Gasteiger charge is 2.54. The maximum Gasteiger partial charge on any atom is 0.352 e. The molecule has 2 aliphatic rings. The highest BCUT2D eigenvalue weighted by Crippen LogP contribution is 2.41. The van der Waals surface area contributed by atoms with Crippen LogP contribution in [0.15, 0.2) is 16.4 Å². The first kappa shape index (κ1) is 18.2. The van der Waals surface area contributed by atoms with E-state index in [9.17, 15) is 19.5 Å². The minimum absolute atomic E-state index is 0.0628. The number of β-lactam (4-membered cyclic amide) rings is 1. The summed E-state index contributed by atoms with van der Waals surface area (Å²) in [6.45, 7) is 0. The number of carbonyl (C=O) groups is 3. The van der Waals surface area contributed by atoms with Crippen molar-refractivity contribution >= 4 is 41.3 Å². The molecule has 13 heteroatoms. The monoisotopic (exact) mass is 395 g/mol. The number of nitriles is 1. The number of carboxylic acid groups (broad SMARTS) is 1. The van der Waals surface area contributed by atoms with Crippen molar-refractivity contribution in [3.63, 3.8) is 0 Å². The summed E-state index contributed by atoms with van der Waals surface area (Å²) in [5, 5.41) is 31.7. The van der Waals surface area contributed by atoms with Crippen LogP contribution in [0.25, 0.3) is 0 Å². The molecule has 0 bridgehead atoms. The molecule has 136 valence electrons. The van der Waals surface area contributed by atoms with Gasteiger partial charge in [0.05, 0.1) is 6.07 Å². The smallest absolute Gasteiger partial charge is 0.352 e. The van der Waals surface area contributed by atoms with Crippen LogP contribution in [-0.4, -0.2) is 70.9 Å². The Hall–Kier alpha value is -2.59. The lowest BCUT2D eigenvalue weighted by atomic mass is 10.0. The number of tetrazole rings is 1. The van der Waals surface area contributed by atoms with E-state index < -0.39 is 29.2 Å². The van der Waals surface area contributed by atoms with E-state index in [0.717, 1.165) is 0 Å². The topological polar surface area (TPSA) is 154 Å². The van der Waals surface area contributed by atoms with Gasteiger partial charge in [-0.2, -0.15) is 5.26 Å². The van der Waals surface area contributed by atoms with Crippen LogP contribution in [0.2, 0.25) is 0 Å². The fourth-order valence-corrected chi connectivity index (χ4v) is 4.92. The van der Waals surface area contributed by atoms with Crippen molar-refractivity contribution in [3.8, 4) is 6.07 Å². The van der Waals surface area contributed by atoms with Gasteiger partial charge in [0.1, 0.15) is 23.5 Å². The molecule has 3 heterocycles. The number of amides is 2. The van der Waals surface area contributed by atoms with Gasteiger partial charge in [0, 0.05) is 18.6 Å². The molecule has 26 heavy (non-hydrogen) atoms. The number of carboxylic acids is 1. The Morgan fingerprint density at radius 1 is 1.54 bits per heavy atom. The van der Waals surface area contributed by atoms with Gasteiger partial charge < -0.3 is 10.4 Å². The third-order valence-corrected chi connectivity index (χ3v) is 6.20. The molecule has 0 aromatic carbocycles. The zero-order chi connectivity index (χ0) is 18.8. The molecular weight excluding hydrogens is 382 g/mol. The fourth-order valence-electron chi connectivity index (χ4n) is 2.59. The molecule has 2 N–H and O–H groups in total. The number of rotatable bonds is 6. The SMILES string of the molecule is Cn1nnnc1SCC1=C(C(=O)O)N2C(=O)C(NC(=O)CC#N)[C@H]2SC1. The quantitative estimate of drug-likeness (QED) is 0.450. The van der Waals surface area contributed by atoms with Gasteiger partial charge in [0.25, 0.3) is 5.91 Å². The molecule has 0 radical (unpaired) electrons. The highest BCUT2D eigenvalue weighted by atomic mass is 32.2. The van der Waals surface area contributed by atoms with Gasteiger partial charge in [-0.25, -0.2) is 9.48 Å². The Balaban J connectivity index is 1.75. The summed E-state index contributed by atoms with van der Waals surface area (Å²) in [6, 6.07) is 0.896. The molecule has 2 aliphatic heterocycles. The number of fused-ring (bicyclic) bond motifs is 1. The number of aromatic nitrogens is 4. The Bertz CT molecular complexity index is 846. The molecule has 3 rings (SSSR count). The Kier molecular flexibility index (Phi) is 5.14. The normalized spacial score (nSPS) is 21.7. The van der Waals surface area contributed by atoms with Gasteiger partial charge in [0.2, 0.25) is 11.1 Å². The second kappa shape index (κ2) is 7.34. The number of hydrogen-bond donors (Lipinski definition) is 2. The number of hydrogen-bond acceptors (Lipinski definition) is 9. The molecule has 2 amide bonds. The minimum Gasteiger partial charge on any atom is -0.477 e. The third kappa shape index (κ3) is 3.25. The van der Waals surface area contributed by atoms with Crippen LogP contribution in [-0.2, 0) is 21.4 Å². The molecule has 1 aromatic heterocycles. The van der Waals surface area contributed by atoms with Crippen molar-refractivity contribution in [2.45, 2.75) is 23.0 Å². The van der Waals surface area contributed by atoms with Crippen molar-refractivity contribution in [2.24, 2.45) is 7.05 Å². The summed E-state index contributed by atoms with van der Waals surface area (Å²) >= 11 is 2.65. The van der Waals surface area contributed by atoms with Gasteiger partial charge >= 0.3 is 5.97 Å². The molecule has 0 saturated carbocycles. The van der Waals surface area contributed by atoms with Crippen LogP contribution >= 0.6 is 23.5 Å². The predicted molar refractivity (Wildman–Crippen MR) is 89.4 cm³/mol. The van der Waals surface area contributed by atoms with E-state index in [1.165, 1.54) is 33.1 Å². The number of aryl methyl sites for hydroxylation is 1. The van der Waals surface area contributed by atoms with Crippen molar-refractivity contribution < 1.29 is 19.5 Å². The lowest BCUT2D eigenvalue weighted by Crippen LogP contribution is -2.70. The first-order chi connectivity index (χ1) is 12.4. The Morgan fingerprint density at radius 2 is 2.31 bits per heavy atom. The maximum atomic E-state index is 12.4. The van der Waals surface area contributed by atoms with Crippen molar-refractivity contribution in [1.29, 1.82) is 5.26 Å². The fraction of sp³-hybridized carbons (Fsp3) is 0.462. The van der Waals surface area contributed by atoms with Crippen LogP contribution in [0.5, 0.6) is 0 Å². The zero-order valence-corrected chi connectivity index (χ0v) is 15.1. The van der Waals surface area contributed by atoms with Crippen molar-refractivity contribution in [1.82, 2.24) is 30.4 Å². The number of thioether (sulfide) groups is 2. The second-order valence-electron chi connectivity index (χ2n) is 5.42. The molecule has 1 saturated heterocycles. The average Bonchev–Trinajstić information content (AvgIpc) is 3.02. The standard InChI is InChI=1S/C13H13N7O4S2/c1-19-13(16-17-18-19)26-5-6-4-25-11-8(15-7(21)2-3-14)10(22)20(11)9(6)12(23)24/h8,11H,2,4-5H2,1H3,(H,15,21)(H,23,24)/t8?,11-/m1/s1. The van der Waals surface area contributed by atoms with Gasteiger partial charge in [-0.15, -0.1) is 16.9 Å². The predicted octanol–water partition coefficient (Wildman–Crippen LogP) is -1.05. The Labute approximate surface area is 155 Å². The number of nitrogens with one attached hydrogen (secondary N) is 1. The summed E-state index contributed by atoms with van der Waals surface area (Å²) < 4.78 is 1.47. The first-order valence-electron chi connectivity index (χ1n) is 7.35. The van der Waals surface area contributed by atoms with E-state index in [1.54, 1.807) is 13.1 Å². The molecule has 11 nitrogen and oxygen atoms in total. The van der Waals surface area contributed by atoms with E-state index in [0.29, 0.717) is 22.2 Å². The molecule has 2 atom stereocenters. The summed E-state index contributed by atoms with van der Waals surface area (Å²) in [7, 11) is 1.67. The maximum absolute atomic E-state index is 12.4. The first-order valence-corrected chi connectivity index (χ1v) is 9.39. The Morgan fingerprint density at radius 3 is 2.92 bits per heavy atom. The molecular formula is C13H13N7O4S2. The lowest BCUT2D eigenvalue weighted by molar-refractivity contribution is -0.150.